The number of carbonyl (C=O) groups excluding carboxylic acids is 1. The largest absolute Gasteiger partial charge is 0.451 e. The number of fused-ring (bicyclic) bond motifs is 1. The van der Waals surface area contributed by atoms with E-state index in [9.17, 15) is 4.79 Å². The molecule has 0 atom stereocenters. The third kappa shape index (κ3) is 3.47. The van der Waals surface area contributed by atoms with Crippen LogP contribution in [-0.2, 0) is 0 Å². The Kier molecular flexibility index (Phi) is 5.53. The number of nitrogens with one attached hydrogen (secondary N) is 1. The van der Waals surface area contributed by atoms with E-state index in [0.29, 0.717) is 5.76 Å². The van der Waals surface area contributed by atoms with E-state index in [0.717, 1.165) is 46.7 Å². The quantitative estimate of drug-likeness (QED) is 0.820. The molecule has 1 aromatic heterocycles. The SMILES string of the molecule is Cc1c(C(=O)NC2CCC(N)CC2)oc2ccc(Br)cc12.Cl. The minimum atomic E-state index is -0.125. The smallest absolute Gasteiger partial charge is 0.287 e. The second-order valence-electron chi connectivity index (χ2n) is 5.78. The number of benzene rings is 1. The number of halogens is 2. The van der Waals surface area contributed by atoms with Crippen LogP contribution in [-0.4, -0.2) is 18.0 Å². The first kappa shape index (κ1) is 17.3. The fraction of sp³-hybridized carbons (Fsp3) is 0.438. The monoisotopic (exact) mass is 386 g/mol. The molecule has 4 nitrogen and oxygen atoms in total. The van der Waals surface area contributed by atoms with Crippen LogP contribution < -0.4 is 11.1 Å². The fourth-order valence-corrected chi connectivity index (χ4v) is 3.29. The van der Waals surface area contributed by atoms with Gasteiger partial charge in [-0.15, -0.1) is 12.4 Å². The molecule has 3 rings (SSSR count). The lowest BCUT2D eigenvalue weighted by Gasteiger charge is -2.26. The number of aryl methyl sites for hydroxylation is 1. The van der Waals surface area contributed by atoms with Crippen LogP contribution in [0.15, 0.2) is 27.1 Å². The van der Waals surface area contributed by atoms with Crippen molar-refractivity contribution in [3.05, 3.63) is 34.0 Å². The zero-order valence-corrected chi connectivity index (χ0v) is 14.8. The second-order valence-corrected chi connectivity index (χ2v) is 6.70. The van der Waals surface area contributed by atoms with Gasteiger partial charge in [-0.05, 0) is 50.8 Å². The van der Waals surface area contributed by atoms with Gasteiger partial charge < -0.3 is 15.5 Å². The van der Waals surface area contributed by atoms with Crippen LogP contribution in [0.1, 0.15) is 41.8 Å². The first-order chi connectivity index (χ1) is 10.0. The van der Waals surface area contributed by atoms with Crippen molar-refractivity contribution < 1.29 is 9.21 Å². The molecule has 120 valence electrons. The lowest BCUT2D eigenvalue weighted by molar-refractivity contribution is 0.0899. The predicted molar refractivity (Wildman–Crippen MR) is 93.6 cm³/mol. The van der Waals surface area contributed by atoms with Gasteiger partial charge in [0.25, 0.3) is 5.91 Å². The van der Waals surface area contributed by atoms with Crippen molar-refractivity contribution in [3.63, 3.8) is 0 Å². The molecule has 1 heterocycles. The molecule has 3 N–H and O–H groups in total. The minimum absolute atomic E-state index is 0. The molecule has 0 radical (unpaired) electrons. The third-order valence-corrected chi connectivity index (χ3v) is 4.70. The number of carbonyl (C=O) groups is 1. The maximum absolute atomic E-state index is 12.4. The fourth-order valence-electron chi connectivity index (χ4n) is 2.92. The minimum Gasteiger partial charge on any atom is -0.451 e. The van der Waals surface area contributed by atoms with Gasteiger partial charge in [0.15, 0.2) is 5.76 Å². The summed E-state index contributed by atoms with van der Waals surface area (Å²) in [6, 6.07) is 6.25. The Hall–Kier alpha value is -1.04. The lowest BCUT2D eigenvalue weighted by atomic mass is 9.92. The lowest BCUT2D eigenvalue weighted by Crippen LogP contribution is -2.40. The number of nitrogens with two attached hydrogens (primary N) is 1. The van der Waals surface area contributed by atoms with Gasteiger partial charge in [-0.25, -0.2) is 0 Å². The Morgan fingerprint density at radius 3 is 2.68 bits per heavy atom. The van der Waals surface area contributed by atoms with E-state index in [1.54, 1.807) is 0 Å². The molecule has 0 unspecified atom stereocenters. The Morgan fingerprint density at radius 2 is 2.00 bits per heavy atom. The van der Waals surface area contributed by atoms with Crippen molar-refractivity contribution in [1.29, 1.82) is 0 Å². The molecule has 1 amide bonds. The van der Waals surface area contributed by atoms with E-state index in [1.807, 2.05) is 25.1 Å². The van der Waals surface area contributed by atoms with Crippen molar-refractivity contribution in [2.24, 2.45) is 5.73 Å². The Balaban J connectivity index is 0.00000176. The van der Waals surface area contributed by atoms with Gasteiger partial charge in [0.1, 0.15) is 5.58 Å². The van der Waals surface area contributed by atoms with E-state index in [2.05, 4.69) is 21.2 Å². The van der Waals surface area contributed by atoms with Gasteiger partial charge in [-0.1, -0.05) is 15.9 Å². The first-order valence-corrected chi connectivity index (χ1v) is 8.09. The molecule has 0 spiro atoms. The highest BCUT2D eigenvalue weighted by Gasteiger charge is 2.23. The standard InChI is InChI=1S/C16H19BrN2O2.ClH/c1-9-13-8-10(17)2-7-14(13)21-15(9)16(20)19-12-5-3-11(18)4-6-12;/h2,7-8,11-12H,3-6,18H2,1H3,(H,19,20);1H. The number of rotatable bonds is 2. The highest BCUT2D eigenvalue weighted by molar-refractivity contribution is 9.10. The van der Waals surface area contributed by atoms with Crippen molar-refractivity contribution >= 4 is 45.2 Å². The summed E-state index contributed by atoms with van der Waals surface area (Å²) < 4.78 is 6.70. The molecule has 1 aliphatic rings. The maximum atomic E-state index is 12.4. The summed E-state index contributed by atoms with van der Waals surface area (Å²) in [5.74, 6) is 0.290. The summed E-state index contributed by atoms with van der Waals surface area (Å²) in [5, 5.41) is 4.04. The molecule has 0 aliphatic heterocycles. The zero-order chi connectivity index (χ0) is 15.0. The van der Waals surface area contributed by atoms with Gasteiger partial charge in [0.05, 0.1) is 0 Å². The molecule has 1 saturated carbocycles. The summed E-state index contributed by atoms with van der Waals surface area (Å²) in [6.07, 6.45) is 3.82. The molecule has 1 aromatic carbocycles. The maximum Gasteiger partial charge on any atom is 0.287 e. The Labute approximate surface area is 144 Å². The number of furan rings is 1. The van der Waals surface area contributed by atoms with Crippen LogP contribution in [0.3, 0.4) is 0 Å². The third-order valence-electron chi connectivity index (χ3n) is 4.21. The van der Waals surface area contributed by atoms with Crippen LogP contribution in [0.25, 0.3) is 11.0 Å². The van der Waals surface area contributed by atoms with Gasteiger partial charge in [-0.3, -0.25) is 4.79 Å². The second kappa shape index (κ2) is 7.02. The molecule has 6 heteroatoms. The first-order valence-electron chi connectivity index (χ1n) is 7.29. The number of hydrogen-bond acceptors (Lipinski definition) is 3. The molecule has 0 saturated heterocycles. The molecule has 22 heavy (non-hydrogen) atoms. The van der Waals surface area contributed by atoms with Gasteiger partial charge in [0, 0.05) is 27.5 Å². The van der Waals surface area contributed by atoms with Crippen molar-refractivity contribution in [2.75, 3.05) is 0 Å². The van der Waals surface area contributed by atoms with Crippen LogP contribution in [0.4, 0.5) is 0 Å². The van der Waals surface area contributed by atoms with Crippen LogP contribution in [0.5, 0.6) is 0 Å². The van der Waals surface area contributed by atoms with Crippen molar-refractivity contribution in [1.82, 2.24) is 5.32 Å². The molecule has 0 bridgehead atoms. The van der Waals surface area contributed by atoms with E-state index < -0.39 is 0 Å². The Bertz CT molecular complexity index is 678. The molecule has 1 fully saturated rings. The number of amides is 1. The summed E-state index contributed by atoms with van der Waals surface area (Å²) in [4.78, 5) is 12.4. The zero-order valence-electron chi connectivity index (χ0n) is 12.4. The summed E-state index contributed by atoms with van der Waals surface area (Å²) in [6.45, 7) is 1.92. The topological polar surface area (TPSA) is 68.3 Å². The Morgan fingerprint density at radius 1 is 1.32 bits per heavy atom. The highest BCUT2D eigenvalue weighted by Crippen LogP contribution is 2.28. The van der Waals surface area contributed by atoms with Crippen molar-refractivity contribution in [3.8, 4) is 0 Å². The summed E-state index contributed by atoms with van der Waals surface area (Å²) >= 11 is 3.44. The average Bonchev–Trinajstić information content (AvgIpc) is 2.79. The van der Waals surface area contributed by atoms with Crippen LogP contribution in [0, 0.1) is 6.92 Å². The van der Waals surface area contributed by atoms with Gasteiger partial charge in [0.2, 0.25) is 0 Å². The molecular formula is C16H20BrClN2O2. The van der Waals surface area contributed by atoms with Crippen LogP contribution >= 0.6 is 28.3 Å². The number of hydrogen-bond donors (Lipinski definition) is 2. The normalized spacial score (nSPS) is 21.4. The highest BCUT2D eigenvalue weighted by atomic mass is 79.9. The summed E-state index contributed by atoms with van der Waals surface area (Å²) in [7, 11) is 0. The molecule has 1 aliphatic carbocycles. The van der Waals surface area contributed by atoms with E-state index in [1.165, 1.54) is 0 Å². The van der Waals surface area contributed by atoms with Crippen molar-refractivity contribution in [2.45, 2.75) is 44.7 Å². The van der Waals surface area contributed by atoms with Gasteiger partial charge in [-0.2, -0.15) is 0 Å². The van der Waals surface area contributed by atoms with E-state index in [-0.39, 0.29) is 30.4 Å². The van der Waals surface area contributed by atoms with Gasteiger partial charge >= 0.3 is 0 Å². The van der Waals surface area contributed by atoms with Crippen LogP contribution in [0.2, 0.25) is 0 Å². The predicted octanol–water partition coefficient (Wildman–Crippen LogP) is 3.93. The van der Waals surface area contributed by atoms with E-state index >= 15 is 0 Å². The molecular weight excluding hydrogens is 368 g/mol. The summed E-state index contributed by atoms with van der Waals surface area (Å²) in [5.41, 5.74) is 7.52. The molecule has 2 aromatic rings. The van der Waals surface area contributed by atoms with E-state index in [4.69, 9.17) is 10.2 Å². The average molecular weight is 388 g/mol.